The average Bonchev–Trinajstić information content (AvgIpc) is 3.04. The lowest BCUT2D eigenvalue weighted by molar-refractivity contribution is 0.0853. The maximum atomic E-state index is 12.0. The summed E-state index contributed by atoms with van der Waals surface area (Å²) in [6.07, 6.45) is 2.44. The highest BCUT2D eigenvalue weighted by Crippen LogP contribution is 2.33. The predicted octanol–water partition coefficient (Wildman–Crippen LogP) is 2.28. The van der Waals surface area contributed by atoms with Crippen molar-refractivity contribution in [2.45, 2.75) is 57.6 Å². The van der Waals surface area contributed by atoms with Crippen LogP contribution in [0.4, 0.5) is 4.79 Å². The molecule has 3 rings (SSSR count). The van der Waals surface area contributed by atoms with E-state index in [9.17, 15) is 9.90 Å². The molecule has 3 atom stereocenters. The highest BCUT2D eigenvalue weighted by atomic mass is 16.3. The SMILES string of the molecule is CCCNC(=O)N[C@@H]1C[C@@H](c2nc(C)nn2-c2ccccc2)CC[C@H]1O. The zero-order chi connectivity index (χ0) is 18.5. The lowest BCUT2D eigenvalue weighted by Crippen LogP contribution is -2.50. The Kier molecular flexibility index (Phi) is 5.88. The molecule has 3 N–H and O–H groups in total. The predicted molar refractivity (Wildman–Crippen MR) is 99.3 cm³/mol. The molecule has 1 saturated carbocycles. The summed E-state index contributed by atoms with van der Waals surface area (Å²) in [7, 11) is 0. The molecule has 1 heterocycles. The van der Waals surface area contributed by atoms with Crippen molar-refractivity contribution in [3.63, 3.8) is 0 Å². The summed E-state index contributed by atoms with van der Waals surface area (Å²) in [4.78, 5) is 16.6. The van der Waals surface area contributed by atoms with E-state index in [1.54, 1.807) is 0 Å². The molecule has 26 heavy (non-hydrogen) atoms. The molecule has 0 saturated heterocycles. The smallest absolute Gasteiger partial charge is 0.315 e. The van der Waals surface area contributed by atoms with Gasteiger partial charge in [-0.1, -0.05) is 25.1 Å². The van der Waals surface area contributed by atoms with Crippen LogP contribution in [-0.4, -0.2) is 44.6 Å². The van der Waals surface area contributed by atoms with Gasteiger partial charge in [0.25, 0.3) is 0 Å². The van der Waals surface area contributed by atoms with E-state index in [0.29, 0.717) is 19.4 Å². The van der Waals surface area contributed by atoms with E-state index >= 15 is 0 Å². The number of para-hydroxylation sites is 1. The summed E-state index contributed by atoms with van der Waals surface area (Å²) in [6, 6.07) is 9.42. The standard InChI is InChI=1S/C19H27N5O2/c1-3-11-20-19(26)22-16-12-14(9-10-17(16)25)18-21-13(2)23-24(18)15-7-5-4-6-8-15/h4-8,14,16-17,25H,3,9-12H2,1-2H3,(H2,20,22,26)/t14-,16+,17+/m0/s1. The number of carbonyl (C=O) groups excluding carboxylic acids is 1. The summed E-state index contributed by atoms with van der Waals surface area (Å²) in [5.74, 6) is 1.75. The van der Waals surface area contributed by atoms with E-state index in [1.807, 2.05) is 48.9 Å². The quantitative estimate of drug-likeness (QED) is 0.765. The number of aromatic nitrogens is 3. The molecule has 0 aliphatic heterocycles. The number of aliphatic hydroxyl groups is 1. The molecule has 2 aromatic rings. The Morgan fingerprint density at radius 3 is 2.81 bits per heavy atom. The van der Waals surface area contributed by atoms with Crippen molar-refractivity contribution in [1.29, 1.82) is 0 Å². The lowest BCUT2D eigenvalue weighted by atomic mass is 9.83. The van der Waals surface area contributed by atoms with Crippen LogP contribution in [0.5, 0.6) is 0 Å². The van der Waals surface area contributed by atoms with Crippen molar-refractivity contribution >= 4 is 6.03 Å². The van der Waals surface area contributed by atoms with E-state index < -0.39 is 6.10 Å². The number of nitrogens with one attached hydrogen (secondary N) is 2. The van der Waals surface area contributed by atoms with Gasteiger partial charge in [0.15, 0.2) is 0 Å². The van der Waals surface area contributed by atoms with Crippen molar-refractivity contribution < 1.29 is 9.90 Å². The first-order valence-electron chi connectivity index (χ1n) is 9.30. The molecule has 0 radical (unpaired) electrons. The summed E-state index contributed by atoms with van der Waals surface area (Å²) >= 11 is 0. The van der Waals surface area contributed by atoms with Crippen LogP contribution in [0.1, 0.15) is 50.2 Å². The molecule has 1 aromatic carbocycles. The molecule has 1 aliphatic rings. The maximum absolute atomic E-state index is 12.0. The molecule has 1 aliphatic carbocycles. The van der Waals surface area contributed by atoms with Crippen molar-refractivity contribution in [1.82, 2.24) is 25.4 Å². The molecule has 1 fully saturated rings. The fourth-order valence-corrected chi connectivity index (χ4v) is 3.46. The van der Waals surface area contributed by atoms with Gasteiger partial charge >= 0.3 is 6.03 Å². The number of hydrogen-bond acceptors (Lipinski definition) is 4. The monoisotopic (exact) mass is 357 g/mol. The molecule has 7 heteroatoms. The molecule has 2 amide bonds. The van der Waals surface area contributed by atoms with E-state index in [-0.39, 0.29) is 18.0 Å². The molecular weight excluding hydrogens is 330 g/mol. The summed E-state index contributed by atoms with van der Waals surface area (Å²) in [5, 5.41) is 20.6. The topological polar surface area (TPSA) is 92.1 Å². The molecular formula is C19H27N5O2. The van der Waals surface area contributed by atoms with Crippen LogP contribution in [0, 0.1) is 6.92 Å². The first-order chi connectivity index (χ1) is 12.6. The molecule has 140 valence electrons. The number of urea groups is 1. The number of nitrogens with zero attached hydrogens (tertiary/aromatic N) is 3. The second-order valence-corrected chi connectivity index (χ2v) is 6.85. The van der Waals surface area contributed by atoms with Crippen LogP contribution < -0.4 is 10.6 Å². The second-order valence-electron chi connectivity index (χ2n) is 6.85. The third-order valence-electron chi connectivity index (χ3n) is 4.77. The molecule has 0 unspecified atom stereocenters. The van der Waals surface area contributed by atoms with Gasteiger partial charge in [0.1, 0.15) is 11.6 Å². The highest BCUT2D eigenvalue weighted by molar-refractivity contribution is 5.74. The van der Waals surface area contributed by atoms with Crippen LogP contribution in [-0.2, 0) is 0 Å². The Bertz CT molecular complexity index is 731. The van der Waals surface area contributed by atoms with E-state index in [1.165, 1.54) is 0 Å². The first kappa shape index (κ1) is 18.4. The van der Waals surface area contributed by atoms with Crippen molar-refractivity contribution in [2.24, 2.45) is 0 Å². The van der Waals surface area contributed by atoms with Crippen molar-refractivity contribution in [3.05, 3.63) is 42.0 Å². The van der Waals surface area contributed by atoms with Gasteiger partial charge < -0.3 is 15.7 Å². The van der Waals surface area contributed by atoms with Crippen molar-refractivity contribution in [3.8, 4) is 5.69 Å². The number of benzene rings is 1. The van der Waals surface area contributed by atoms with E-state index in [0.717, 1.165) is 30.2 Å². The summed E-state index contributed by atoms with van der Waals surface area (Å²) in [6.45, 7) is 4.51. The number of rotatable bonds is 5. The van der Waals surface area contributed by atoms with E-state index in [2.05, 4.69) is 20.7 Å². The van der Waals surface area contributed by atoms with Crippen LogP contribution in [0.3, 0.4) is 0 Å². The Labute approximate surface area is 153 Å². The Morgan fingerprint density at radius 1 is 1.31 bits per heavy atom. The minimum Gasteiger partial charge on any atom is -0.391 e. The molecule has 0 spiro atoms. The fourth-order valence-electron chi connectivity index (χ4n) is 3.46. The van der Waals surface area contributed by atoms with Gasteiger partial charge in [-0.2, -0.15) is 5.10 Å². The van der Waals surface area contributed by atoms with Gasteiger partial charge in [0.05, 0.1) is 17.8 Å². The first-order valence-corrected chi connectivity index (χ1v) is 9.30. The largest absolute Gasteiger partial charge is 0.391 e. The summed E-state index contributed by atoms with van der Waals surface area (Å²) < 4.78 is 1.88. The van der Waals surface area contributed by atoms with Crippen molar-refractivity contribution in [2.75, 3.05) is 6.54 Å². The lowest BCUT2D eigenvalue weighted by Gasteiger charge is -2.33. The third kappa shape index (κ3) is 4.22. The van der Waals surface area contributed by atoms with Gasteiger partial charge in [-0.05, 0) is 44.7 Å². The fraction of sp³-hybridized carbons (Fsp3) is 0.526. The molecule has 0 bridgehead atoms. The van der Waals surface area contributed by atoms with Gasteiger partial charge in [-0.3, -0.25) is 0 Å². The Hall–Kier alpha value is -2.41. The molecule has 7 nitrogen and oxygen atoms in total. The van der Waals surface area contributed by atoms with Crippen LogP contribution in [0.2, 0.25) is 0 Å². The molecule has 1 aromatic heterocycles. The van der Waals surface area contributed by atoms with Gasteiger partial charge in [0.2, 0.25) is 0 Å². The number of aliphatic hydroxyl groups excluding tert-OH is 1. The number of hydrogen-bond donors (Lipinski definition) is 3. The third-order valence-corrected chi connectivity index (χ3v) is 4.77. The summed E-state index contributed by atoms with van der Waals surface area (Å²) in [5.41, 5.74) is 0.972. The van der Waals surface area contributed by atoms with E-state index in [4.69, 9.17) is 0 Å². The number of carbonyl (C=O) groups is 1. The second kappa shape index (κ2) is 8.31. The normalized spacial score (nSPS) is 22.8. The maximum Gasteiger partial charge on any atom is 0.315 e. The average molecular weight is 357 g/mol. The van der Waals surface area contributed by atoms with Gasteiger partial charge in [-0.25, -0.2) is 14.5 Å². The zero-order valence-electron chi connectivity index (χ0n) is 15.4. The number of aryl methyl sites for hydroxylation is 1. The zero-order valence-corrected chi connectivity index (χ0v) is 15.4. The Morgan fingerprint density at radius 2 is 2.08 bits per heavy atom. The minimum atomic E-state index is -0.534. The minimum absolute atomic E-state index is 0.135. The van der Waals surface area contributed by atoms with Crippen LogP contribution >= 0.6 is 0 Å². The Balaban J connectivity index is 1.77. The highest BCUT2D eigenvalue weighted by Gasteiger charge is 2.33. The van der Waals surface area contributed by atoms with Crippen LogP contribution in [0.25, 0.3) is 5.69 Å². The van der Waals surface area contributed by atoms with Crippen LogP contribution in [0.15, 0.2) is 30.3 Å². The van der Waals surface area contributed by atoms with Gasteiger partial charge in [0, 0.05) is 12.5 Å². The number of amides is 2. The van der Waals surface area contributed by atoms with Gasteiger partial charge in [-0.15, -0.1) is 0 Å².